The fourth-order valence-corrected chi connectivity index (χ4v) is 1.61. The van der Waals surface area contributed by atoms with E-state index in [9.17, 15) is 0 Å². The number of hydrogen-bond donors (Lipinski definition) is 3. The molecule has 6 nitrogen and oxygen atoms in total. The van der Waals surface area contributed by atoms with E-state index < -0.39 is 0 Å². The van der Waals surface area contributed by atoms with Crippen molar-refractivity contribution in [3.05, 3.63) is 12.3 Å². The summed E-state index contributed by atoms with van der Waals surface area (Å²) in [5.74, 6) is 2.22. The van der Waals surface area contributed by atoms with Crippen LogP contribution in [0.1, 0.15) is 33.6 Å². The minimum atomic E-state index is 0.360. The normalized spacial score (nSPS) is 22.8. The molecule has 0 aliphatic carbocycles. The van der Waals surface area contributed by atoms with E-state index in [1.54, 1.807) is 12.3 Å². The summed E-state index contributed by atoms with van der Waals surface area (Å²) in [5.41, 5.74) is 6.15. The molecule has 1 aromatic heterocycles. The largest absolute Gasteiger partial charge is 0.352 e. The van der Waals surface area contributed by atoms with Gasteiger partial charge in [0.1, 0.15) is 5.84 Å². The lowest BCUT2D eigenvalue weighted by Gasteiger charge is -2.10. The van der Waals surface area contributed by atoms with Crippen LogP contribution < -0.4 is 16.2 Å². The molecule has 2 heterocycles. The maximum atomic E-state index is 4.45. The van der Waals surface area contributed by atoms with Crippen molar-refractivity contribution in [2.45, 2.75) is 45.7 Å². The van der Waals surface area contributed by atoms with Gasteiger partial charge in [0.25, 0.3) is 0 Å². The zero-order valence-corrected chi connectivity index (χ0v) is 11.1. The van der Waals surface area contributed by atoms with Crippen molar-refractivity contribution < 1.29 is 0 Å². The van der Waals surface area contributed by atoms with Crippen molar-refractivity contribution in [3.8, 4) is 0 Å². The van der Waals surface area contributed by atoms with Crippen LogP contribution >= 0.6 is 0 Å². The monoisotopic (exact) mass is 248 g/mol. The van der Waals surface area contributed by atoms with Crippen molar-refractivity contribution in [3.63, 3.8) is 0 Å². The Morgan fingerprint density at radius 3 is 3.11 bits per heavy atom. The molecule has 2 unspecified atom stereocenters. The minimum absolute atomic E-state index is 0.360. The zero-order valence-electron chi connectivity index (χ0n) is 11.1. The first-order valence-corrected chi connectivity index (χ1v) is 6.36. The van der Waals surface area contributed by atoms with Gasteiger partial charge in [-0.25, -0.2) is 15.4 Å². The zero-order chi connectivity index (χ0) is 13.0. The van der Waals surface area contributed by atoms with Gasteiger partial charge in [-0.2, -0.15) is 4.98 Å². The first-order valence-electron chi connectivity index (χ1n) is 6.36. The molecular formula is C12H20N6. The Balaban J connectivity index is 2.07. The van der Waals surface area contributed by atoms with E-state index in [1.165, 1.54) is 0 Å². The number of nitrogens with one attached hydrogen (secondary N) is 3. The number of aliphatic imine (C=N–C) groups is 1. The number of anilines is 1. The third kappa shape index (κ3) is 3.40. The van der Waals surface area contributed by atoms with Crippen molar-refractivity contribution in [1.82, 2.24) is 20.8 Å². The van der Waals surface area contributed by atoms with Crippen LogP contribution in [0.4, 0.5) is 11.8 Å². The molecule has 3 N–H and O–H groups in total. The highest BCUT2D eigenvalue weighted by atomic mass is 15.4. The Morgan fingerprint density at radius 2 is 2.44 bits per heavy atom. The molecule has 0 aromatic carbocycles. The van der Waals surface area contributed by atoms with E-state index in [-0.39, 0.29) is 0 Å². The molecule has 1 aliphatic heterocycles. The maximum absolute atomic E-state index is 4.45. The van der Waals surface area contributed by atoms with E-state index in [0.29, 0.717) is 23.8 Å². The van der Waals surface area contributed by atoms with Gasteiger partial charge in [0.05, 0.1) is 0 Å². The molecule has 6 heteroatoms. The van der Waals surface area contributed by atoms with Crippen molar-refractivity contribution in [2.24, 2.45) is 4.99 Å². The molecule has 2 rings (SSSR count). The molecular weight excluding hydrogens is 228 g/mol. The summed E-state index contributed by atoms with van der Waals surface area (Å²) in [5, 5.41) is 3.24. The second-order valence-corrected chi connectivity index (χ2v) is 4.63. The summed E-state index contributed by atoms with van der Waals surface area (Å²) in [6, 6.07) is 2.57. The van der Waals surface area contributed by atoms with Crippen LogP contribution in [0.5, 0.6) is 0 Å². The number of amidine groups is 1. The number of nitrogens with zero attached hydrogens (tertiary/aromatic N) is 3. The molecule has 1 aromatic rings. The van der Waals surface area contributed by atoms with Crippen LogP contribution in [0.25, 0.3) is 0 Å². The Morgan fingerprint density at radius 1 is 1.61 bits per heavy atom. The first kappa shape index (κ1) is 12.8. The second-order valence-electron chi connectivity index (χ2n) is 4.63. The lowest BCUT2D eigenvalue weighted by atomic mass is 10.3. The summed E-state index contributed by atoms with van der Waals surface area (Å²) in [4.78, 5) is 13.0. The van der Waals surface area contributed by atoms with Crippen LogP contribution in [0.15, 0.2) is 17.3 Å². The first-order chi connectivity index (χ1) is 8.67. The molecule has 1 saturated heterocycles. The summed E-state index contributed by atoms with van der Waals surface area (Å²) in [7, 11) is 0. The van der Waals surface area contributed by atoms with Crippen molar-refractivity contribution >= 4 is 17.6 Å². The average Bonchev–Trinajstić information content (AvgIpc) is 2.75. The fourth-order valence-electron chi connectivity index (χ4n) is 1.61. The molecule has 18 heavy (non-hydrogen) atoms. The molecule has 1 fully saturated rings. The Labute approximate surface area is 107 Å². The topological polar surface area (TPSA) is 74.2 Å². The summed E-state index contributed by atoms with van der Waals surface area (Å²) in [6.07, 6.45) is 3.64. The number of aromatic nitrogens is 2. The highest BCUT2D eigenvalue weighted by Gasteiger charge is 2.14. The Bertz CT molecular complexity index is 430. The summed E-state index contributed by atoms with van der Waals surface area (Å²) < 4.78 is 0. The van der Waals surface area contributed by atoms with E-state index in [2.05, 4.69) is 51.9 Å². The van der Waals surface area contributed by atoms with E-state index in [0.717, 1.165) is 18.7 Å². The lowest BCUT2D eigenvalue weighted by molar-refractivity contribution is 0.602. The molecule has 0 radical (unpaired) electrons. The fraction of sp³-hybridized carbons (Fsp3) is 0.583. The highest BCUT2D eigenvalue weighted by Crippen LogP contribution is 2.12. The minimum Gasteiger partial charge on any atom is -0.352 e. The predicted molar refractivity (Wildman–Crippen MR) is 72.9 cm³/mol. The van der Waals surface area contributed by atoms with Crippen LogP contribution in [0, 0.1) is 0 Å². The quantitative estimate of drug-likeness (QED) is 0.754. The third-order valence-corrected chi connectivity index (χ3v) is 2.84. The number of hydrogen-bond acceptors (Lipinski definition) is 5. The van der Waals surface area contributed by atoms with Crippen LogP contribution in [-0.2, 0) is 0 Å². The Hall–Kier alpha value is -1.69. The van der Waals surface area contributed by atoms with Gasteiger partial charge in [0.2, 0.25) is 5.95 Å². The van der Waals surface area contributed by atoms with Crippen LogP contribution in [-0.4, -0.2) is 27.9 Å². The smallest absolute Gasteiger partial charge is 0.224 e. The maximum Gasteiger partial charge on any atom is 0.224 e. The molecule has 98 valence electrons. The molecule has 0 spiro atoms. The van der Waals surface area contributed by atoms with Gasteiger partial charge in [-0.15, -0.1) is 0 Å². The second kappa shape index (κ2) is 5.77. The van der Waals surface area contributed by atoms with Crippen molar-refractivity contribution in [2.75, 3.05) is 5.32 Å². The predicted octanol–water partition coefficient (Wildman–Crippen LogP) is 1.60. The van der Waals surface area contributed by atoms with Gasteiger partial charge in [0.15, 0.2) is 5.82 Å². The van der Waals surface area contributed by atoms with Gasteiger partial charge in [0, 0.05) is 30.8 Å². The number of rotatable bonds is 4. The number of hydrazine groups is 1. The molecule has 0 saturated carbocycles. The van der Waals surface area contributed by atoms with Crippen molar-refractivity contribution in [1.29, 1.82) is 0 Å². The summed E-state index contributed by atoms with van der Waals surface area (Å²) in [6.45, 7) is 6.33. The highest BCUT2D eigenvalue weighted by molar-refractivity contribution is 5.86. The van der Waals surface area contributed by atoms with E-state index in [4.69, 9.17) is 0 Å². The molecule has 0 amide bonds. The van der Waals surface area contributed by atoms with Gasteiger partial charge in [-0.1, -0.05) is 6.92 Å². The van der Waals surface area contributed by atoms with Gasteiger partial charge in [-0.3, -0.25) is 0 Å². The average molecular weight is 248 g/mol. The van der Waals surface area contributed by atoms with Gasteiger partial charge in [-0.05, 0) is 20.3 Å². The Kier molecular flexibility index (Phi) is 4.09. The molecule has 0 bridgehead atoms. The van der Waals surface area contributed by atoms with Crippen LogP contribution in [0.2, 0.25) is 0 Å². The van der Waals surface area contributed by atoms with Gasteiger partial charge >= 0.3 is 0 Å². The summed E-state index contributed by atoms with van der Waals surface area (Å²) >= 11 is 0. The third-order valence-electron chi connectivity index (χ3n) is 2.84. The lowest BCUT2D eigenvalue weighted by Crippen LogP contribution is -2.29. The SMILES string of the molecule is CCC(C)Nc1nccc(N=C2CC(C)NN2)n1. The van der Waals surface area contributed by atoms with E-state index in [1.807, 2.05) is 0 Å². The van der Waals surface area contributed by atoms with Gasteiger partial charge < -0.3 is 10.7 Å². The standard InChI is InChI=1S/C12H20N6/c1-4-8(2)14-12-13-6-5-10(16-12)15-11-7-9(3)17-18-11/h5-6,8-9,17H,4,7H2,1-3H3,(H2,13,14,15,16,18). The molecule has 1 aliphatic rings. The van der Waals surface area contributed by atoms with E-state index >= 15 is 0 Å². The van der Waals surface area contributed by atoms with Crippen LogP contribution in [0.3, 0.4) is 0 Å². The molecule has 2 atom stereocenters.